The van der Waals surface area contributed by atoms with Crippen molar-refractivity contribution in [3.8, 4) is 0 Å². The molecule has 2 amide bonds. The summed E-state index contributed by atoms with van der Waals surface area (Å²) in [7, 11) is 1.94. The van der Waals surface area contributed by atoms with Gasteiger partial charge in [-0.3, -0.25) is 9.36 Å². The first kappa shape index (κ1) is 18.0. The minimum absolute atomic E-state index is 0.0276. The van der Waals surface area contributed by atoms with Crippen LogP contribution in [0.3, 0.4) is 0 Å². The Kier molecular flexibility index (Phi) is 5.64. The van der Waals surface area contributed by atoms with Crippen molar-refractivity contribution in [3.63, 3.8) is 0 Å². The molecule has 0 aromatic carbocycles. The van der Waals surface area contributed by atoms with E-state index in [0.717, 1.165) is 23.5 Å². The fraction of sp³-hybridized carbons (Fsp3) is 0.588. The molecule has 0 spiro atoms. The number of aromatic nitrogens is 4. The van der Waals surface area contributed by atoms with Crippen molar-refractivity contribution < 1.29 is 4.79 Å². The minimum atomic E-state index is -0.180. The van der Waals surface area contributed by atoms with Gasteiger partial charge < -0.3 is 10.6 Å². The zero-order chi connectivity index (χ0) is 17.9. The molecule has 0 aliphatic heterocycles. The van der Waals surface area contributed by atoms with E-state index in [1.807, 2.05) is 49.4 Å². The number of urea groups is 1. The van der Waals surface area contributed by atoms with Crippen molar-refractivity contribution in [3.05, 3.63) is 34.9 Å². The minimum Gasteiger partial charge on any atom is -0.335 e. The summed E-state index contributed by atoms with van der Waals surface area (Å²) < 4.78 is 3.76. The van der Waals surface area contributed by atoms with E-state index >= 15 is 0 Å². The van der Waals surface area contributed by atoms with E-state index in [1.54, 1.807) is 0 Å². The molecule has 7 heteroatoms. The maximum atomic E-state index is 12.1. The Bertz CT molecular complexity index is 700. The van der Waals surface area contributed by atoms with Crippen LogP contribution in [0.25, 0.3) is 0 Å². The van der Waals surface area contributed by atoms with Crippen LogP contribution in [-0.2, 0) is 20.0 Å². The molecule has 2 aromatic heterocycles. The van der Waals surface area contributed by atoms with Crippen LogP contribution in [0.1, 0.15) is 49.5 Å². The van der Waals surface area contributed by atoms with Crippen molar-refractivity contribution >= 4 is 6.03 Å². The number of aryl methyl sites for hydroxylation is 2. The number of nitrogens with one attached hydrogen (secondary N) is 2. The average molecular weight is 332 g/mol. The lowest BCUT2D eigenvalue weighted by molar-refractivity contribution is 0.237. The third-order valence-electron chi connectivity index (χ3n) is 4.17. The van der Waals surface area contributed by atoms with Crippen molar-refractivity contribution in [2.24, 2.45) is 7.05 Å². The predicted octanol–water partition coefficient (Wildman–Crippen LogP) is 2.24. The van der Waals surface area contributed by atoms with Crippen LogP contribution < -0.4 is 10.6 Å². The monoisotopic (exact) mass is 332 g/mol. The highest BCUT2D eigenvalue weighted by Crippen LogP contribution is 2.14. The maximum Gasteiger partial charge on any atom is 0.315 e. The van der Waals surface area contributed by atoms with Crippen LogP contribution in [0.15, 0.2) is 12.3 Å². The molecule has 0 unspecified atom stereocenters. The molecule has 2 aromatic rings. The summed E-state index contributed by atoms with van der Waals surface area (Å²) in [6.45, 7) is 10.6. The van der Waals surface area contributed by atoms with Gasteiger partial charge in [0.25, 0.3) is 0 Å². The van der Waals surface area contributed by atoms with Gasteiger partial charge in [0.15, 0.2) is 0 Å². The smallest absolute Gasteiger partial charge is 0.315 e. The second kappa shape index (κ2) is 7.51. The van der Waals surface area contributed by atoms with Gasteiger partial charge in [0, 0.05) is 31.0 Å². The SMILES string of the molecule is Cc1nn(C)c(C)c1C[C@H](C)NC(=O)NCc1ccn(C(C)C)n1. The molecule has 2 rings (SSSR count). The van der Waals surface area contributed by atoms with Gasteiger partial charge in [-0.05, 0) is 52.7 Å². The predicted molar refractivity (Wildman–Crippen MR) is 93.8 cm³/mol. The second-order valence-corrected chi connectivity index (χ2v) is 6.59. The van der Waals surface area contributed by atoms with Crippen molar-refractivity contribution in [2.75, 3.05) is 0 Å². The number of rotatable bonds is 6. The lowest BCUT2D eigenvalue weighted by Gasteiger charge is -2.15. The molecule has 132 valence electrons. The number of carbonyl (C=O) groups is 1. The van der Waals surface area contributed by atoms with Crippen molar-refractivity contribution in [2.45, 2.75) is 59.7 Å². The van der Waals surface area contributed by atoms with Gasteiger partial charge in [0.1, 0.15) is 0 Å². The fourth-order valence-electron chi connectivity index (χ4n) is 2.68. The molecular formula is C17H28N6O. The van der Waals surface area contributed by atoms with E-state index in [-0.39, 0.29) is 12.1 Å². The Morgan fingerprint density at radius 3 is 2.50 bits per heavy atom. The maximum absolute atomic E-state index is 12.1. The van der Waals surface area contributed by atoms with Gasteiger partial charge in [-0.1, -0.05) is 0 Å². The standard InChI is InChI=1S/C17H28N6O/c1-11(2)23-8-7-15(21-23)10-18-17(24)19-12(3)9-16-13(4)20-22(6)14(16)5/h7-8,11-12H,9-10H2,1-6H3,(H2,18,19,24)/t12-/m0/s1. The molecule has 0 saturated heterocycles. The third-order valence-corrected chi connectivity index (χ3v) is 4.17. The van der Waals surface area contributed by atoms with Crippen molar-refractivity contribution in [1.29, 1.82) is 0 Å². The lowest BCUT2D eigenvalue weighted by Crippen LogP contribution is -2.41. The van der Waals surface area contributed by atoms with Gasteiger partial charge in [-0.15, -0.1) is 0 Å². The first-order chi connectivity index (χ1) is 11.3. The van der Waals surface area contributed by atoms with Gasteiger partial charge in [0.05, 0.1) is 17.9 Å². The topological polar surface area (TPSA) is 76.8 Å². The van der Waals surface area contributed by atoms with Crippen LogP contribution in [0.2, 0.25) is 0 Å². The van der Waals surface area contributed by atoms with Crippen LogP contribution >= 0.6 is 0 Å². The second-order valence-electron chi connectivity index (χ2n) is 6.59. The molecule has 0 radical (unpaired) electrons. The fourth-order valence-corrected chi connectivity index (χ4v) is 2.68. The number of carbonyl (C=O) groups excluding carboxylic acids is 1. The quantitative estimate of drug-likeness (QED) is 0.852. The summed E-state index contributed by atoms with van der Waals surface area (Å²) in [6.07, 6.45) is 2.69. The number of hydrogen-bond acceptors (Lipinski definition) is 3. The molecule has 0 aliphatic rings. The zero-order valence-electron chi connectivity index (χ0n) is 15.4. The van der Waals surface area contributed by atoms with Gasteiger partial charge >= 0.3 is 6.03 Å². The first-order valence-electron chi connectivity index (χ1n) is 8.35. The highest BCUT2D eigenvalue weighted by Gasteiger charge is 2.14. The summed E-state index contributed by atoms with van der Waals surface area (Å²) in [5, 5.41) is 14.7. The molecule has 0 fully saturated rings. The average Bonchev–Trinajstić information content (AvgIpc) is 3.06. The van der Waals surface area contributed by atoms with Crippen molar-refractivity contribution in [1.82, 2.24) is 30.2 Å². The van der Waals surface area contributed by atoms with Gasteiger partial charge in [0.2, 0.25) is 0 Å². The van der Waals surface area contributed by atoms with E-state index < -0.39 is 0 Å². The molecule has 1 atom stereocenters. The van der Waals surface area contributed by atoms with Crippen LogP contribution in [0, 0.1) is 13.8 Å². The molecule has 0 aliphatic carbocycles. The van der Waals surface area contributed by atoms with E-state index in [1.165, 1.54) is 5.56 Å². The van der Waals surface area contributed by atoms with Crippen LogP contribution in [0.4, 0.5) is 4.79 Å². The number of hydrogen-bond donors (Lipinski definition) is 2. The summed E-state index contributed by atoms with van der Waals surface area (Å²) in [5.74, 6) is 0. The summed E-state index contributed by atoms with van der Waals surface area (Å²) in [4.78, 5) is 12.1. The van der Waals surface area contributed by atoms with E-state index in [9.17, 15) is 4.79 Å². The molecule has 2 N–H and O–H groups in total. The molecule has 7 nitrogen and oxygen atoms in total. The van der Waals surface area contributed by atoms with Crippen LogP contribution in [0.5, 0.6) is 0 Å². The van der Waals surface area contributed by atoms with Gasteiger partial charge in [-0.25, -0.2) is 4.79 Å². The molecule has 0 saturated carbocycles. The van der Waals surface area contributed by atoms with Gasteiger partial charge in [-0.2, -0.15) is 10.2 Å². The van der Waals surface area contributed by atoms with E-state index in [2.05, 4.69) is 34.7 Å². The third kappa shape index (κ3) is 4.37. The largest absolute Gasteiger partial charge is 0.335 e. The molecule has 2 heterocycles. The highest BCUT2D eigenvalue weighted by atomic mass is 16.2. The highest BCUT2D eigenvalue weighted by molar-refractivity contribution is 5.74. The Balaban J connectivity index is 1.83. The normalized spacial score (nSPS) is 12.5. The first-order valence-corrected chi connectivity index (χ1v) is 8.35. The van der Waals surface area contributed by atoms with E-state index in [4.69, 9.17) is 0 Å². The Morgan fingerprint density at radius 1 is 1.25 bits per heavy atom. The number of amides is 2. The number of nitrogens with zero attached hydrogens (tertiary/aromatic N) is 4. The molecule has 0 bridgehead atoms. The Morgan fingerprint density at radius 2 is 1.96 bits per heavy atom. The molecule has 24 heavy (non-hydrogen) atoms. The Labute approximate surface area is 143 Å². The van der Waals surface area contributed by atoms with E-state index in [0.29, 0.717) is 12.6 Å². The lowest BCUT2D eigenvalue weighted by atomic mass is 10.1. The molecular weight excluding hydrogens is 304 g/mol. The summed E-state index contributed by atoms with van der Waals surface area (Å²) >= 11 is 0. The summed E-state index contributed by atoms with van der Waals surface area (Å²) in [6, 6.07) is 2.09. The zero-order valence-corrected chi connectivity index (χ0v) is 15.4. The van der Waals surface area contributed by atoms with Crippen LogP contribution in [-0.4, -0.2) is 31.6 Å². The Hall–Kier alpha value is -2.31. The summed E-state index contributed by atoms with van der Waals surface area (Å²) in [5.41, 5.74) is 4.20.